The zero-order chi connectivity index (χ0) is 29.9. The third-order valence-corrected chi connectivity index (χ3v) is 9.69. The van der Waals surface area contributed by atoms with Crippen LogP contribution < -0.4 is 0 Å². The van der Waals surface area contributed by atoms with Gasteiger partial charge >= 0.3 is 0 Å². The van der Waals surface area contributed by atoms with Crippen molar-refractivity contribution in [3.05, 3.63) is 153 Å². The Kier molecular flexibility index (Phi) is 17.8. The molecule has 6 nitrogen and oxygen atoms in total. The molecule has 4 aromatic rings. The number of nitrogens with zero attached hydrogens (tertiary/aromatic N) is 2. The Balaban J connectivity index is 0.000000446. The summed E-state index contributed by atoms with van der Waals surface area (Å²) < 4.78 is 0. The Labute approximate surface area is 309 Å². The molecule has 2 heterocycles. The van der Waals surface area contributed by atoms with Crippen molar-refractivity contribution in [3.8, 4) is 0 Å². The second-order valence-electron chi connectivity index (χ2n) is 12.6. The van der Waals surface area contributed by atoms with Gasteiger partial charge in [0.25, 0.3) is 0 Å². The van der Waals surface area contributed by atoms with E-state index in [0.717, 1.165) is 26.2 Å². The van der Waals surface area contributed by atoms with Crippen LogP contribution in [0.15, 0.2) is 108 Å². The lowest BCUT2D eigenvalue weighted by Crippen LogP contribution is -2.27. The lowest BCUT2D eigenvalue weighted by molar-refractivity contribution is 0.313. The van der Waals surface area contributed by atoms with Gasteiger partial charge in [-0.15, -0.1) is 24.8 Å². The van der Waals surface area contributed by atoms with Gasteiger partial charge in [-0.05, 0) is 95.4 Å². The summed E-state index contributed by atoms with van der Waals surface area (Å²) in [7, 11) is 4.44. The average Bonchev–Trinajstić information content (AvgIpc) is 3.34. The van der Waals surface area contributed by atoms with Crippen LogP contribution in [0.3, 0.4) is 0 Å². The molecule has 8 heteroatoms. The summed E-state index contributed by atoms with van der Waals surface area (Å²) in [5, 5.41) is 0. The summed E-state index contributed by atoms with van der Waals surface area (Å²) in [5.41, 5.74) is 17.1. The van der Waals surface area contributed by atoms with Crippen molar-refractivity contribution in [3.63, 3.8) is 0 Å². The van der Waals surface area contributed by atoms with E-state index in [-0.39, 0.29) is 46.7 Å². The van der Waals surface area contributed by atoms with Crippen LogP contribution >= 0.6 is 24.8 Å². The third-order valence-electron chi connectivity index (χ3n) is 9.69. The molecule has 0 unspecified atom stereocenters. The Morgan fingerprint density at radius 1 is 0.360 bits per heavy atom. The SMILES string of the molecule is CN1CCC(=C2c3ccccc3C=Cc3ccccc32)CC1.CN1CCC(=C2c3ccccc3C=Cc3ccccc32)CC1.Cl.Cl.O.O.O.O. The summed E-state index contributed by atoms with van der Waals surface area (Å²) >= 11 is 0. The zero-order valence-electron chi connectivity index (χ0n) is 28.9. The molecule has 0 radical (unpaired) electrons. The van der Waals surface area contributed by atoms with Gasteiger partial charge in [0, 0.05) is 26.2 Å². The van der Waals surface area contributed by atoms with E-state index in [0.29, 0.717) is 0 Å². The highest BCUT2D eigenvalue weighted by Gasteiger charge is 2.22. The number of likely N-dealkylation sites (tertiary alicyclic amines) is 2. The van der Waals surface area contributed by atoms with Gasteiger partial charge in [0.2, 0.25) is 0 Å². The Bertz CT molecular complexity index is 1580. The Morgan fingerprint density at radius 2 is 0.580 bits per heavy atom. The minimum Gasteiger partial charge on any atom is -0.412 e. The van der Waals surface area contributed by atoms with Crippen LogP contribution in [0.1, 0.15) is 70.2 Å². The van der Waals surface area contributed by atoms with Crippen molar-refractivity contribution in [1.82, 2.24) is 9.80 Å². The molecule has 2 aliphatic heterocycles. The van der Waals surface area contributed by atoms with E-state index in [1.165, 1.54) is 81.3 Å². The zero-order valence-corrected chi connectivity index (χ0v) is 30.5. The van der Waals surface area contributed by atoms with Crippen molar-refractivity contribution < 1.29 is 21.9 Å². The molecule has 50 heavy (non-hydrogen) atoms. The lowest BCUT2D eigenvalue weighted by Gasteiger charge is -2.27. The van der Waals surface area contributed by atoms with E-state index in [1.54, 1.807) is 11.1 Å². The third kappa shape index (κ3) is 9.29. The van der Waals surface area contributed by atoms with Gasteiger partial charge in [-0.3, -0.25) is 0 Å². The highest BCUT2D eigenvalue weighted by molar-refractivity contribution is 5.96. The summed E-state index contributed by atoms with van der Waals surface area (Å²) in [6.45, 7) is 4.65. The van der Waals surface area contributed by atoms with Crippen LogP contribution in [0.5, 0.6) is 0 Å². The van der Waals surface area contributed by atoms with Gasteiger partial charge in [-0.2, -0.15) is 0 Å². The first-order chi connectivity index (χ1) is 21.7. The van der Waals surface area contributed by atoms with Crippen LogP contribution in [0.25, 0.3) is 35.5 Å². The molecule has 4 aromatic carbocycles. The van der Waals surface area contributed by atoms with Crippen molar-refractivity contribution in [1.29, 1.82) is 0 Å². The van der Waals surface area contributed by atoms with E-state index < -0.39 is 0 Å². The van der Waals surface area contributed by atoms with Crippen LogP contribution in [0, 0.1) is 0 Å². The fourth-order valence-electron chi connectivity index (χ4n) is 7.17. The van der Waals surface area contributed by atoms with Crippen LogP contribution in [-0.2, 0) is 0 Å². The van der Waals surface area contributed by atoms with Gasteiger partial charge in [-0.1, -0.05) is 133 Å². The molecule has 0 bridgehead atoms. The molecule has 2 saturated heterocycles. The fraction of sp³-hybridized carbons (Fsp3) is 0.238. The number of benzene rings is 4. The molecular weight excluding hydrogens is 667 g/mol. The maximum Gasteiger partial charge on any atom is 0.00160 e. The number of halogens is 2. The molecule has 268 valence electrons. The molecule has 0 aromatic heterocycles. The normalized spacial score (nSPS) is 15.7. The highest BCUT2D eigenvalue weighted by Crippen LogP contribution is 2.40. The smallest absolute Gasteiger partial charge is 0.00160 e. The van der Waals surface area contributed by atoms with Gasteiger partial charge < -0.3 is 31.7 Å². The van der Waals surface area contributed by atoms with Crippen LogP contribution in [0.2, 0.25) is 0 Å². The number of hydrogen-bond acceptors (Lipinski definition) is 2. The predicted molar refractivity (Wildman–Crippen MR) is 218 cm³/mol. The highest BCUT2D eigenvalue weighted by atomic mass is 35.5. The van der Waals surface area contributed by atoms with Crippen LogP contribution in [0.4, 0.5) is 0 Å². The van der Waals surface area contributed by atoms with Crippen LogP contribution in [-0.4, -0.2) is 72.0 Å². The number of rotatable bonds is 0. The molecule has 2 aliphatic carbocycles. The monoisotopic (exact) mass is 718 g/mol. The van der Waals surface area contributed by atoms with E-state index in [4.69, 9.17) is 0 Å². The summed E-state index contributed by atoms with van der Waals surface area (Å²) in [6, 6.07) is 35.2. The second kappa shape index (κ2) is 20.1. The molecule has 0 atom stereocenters. The molecule has 8 N–H and O–H groups in total. The summed E-state index contributed by atoms with van der Waals surface area (Å²) in [6.07, 6.45) is 13.7. The summed E-state index contributed by atoms with van der Waals surface area (Å²) in [5.74, 6) is 0. The number of hydrogen-bond donors (Lipinski definition) is 0. The molecule has 0 saturated carbocycles. The molecule has 2 fully saturated rings. The average molecular weight is 720 g/mol. The van der Waals surface area contributed by atoms with Gasteiger partial charge in [0.1, 0.15) is 0 Å². The van der Waals surface area contributed by atoms with Gasteiger partial charge in [0.15, 0.2) is 0 Å². The van der Waals surface area contributed by atoms with E-state index in [2.05, 4.69) is 145 Å². The summed E-state index contributed by atoms with van der Waals surface area (Å²) in [4.78, 5) is 4.85. The number of fused-ring (bicyclic) bond motifs is 4. The minimum atomic E-state index is 0. The van der Waals surface area contributed by atoms with Crippen molar-refractivity contribution in [2.75, 3.05) is 40.3 Å². The first-order valence-corrected chi connectivity index (χ1v) is 16.2. The van der Waals surface area contributed by atoms with E-state index in [9.17, 15) is 0 Å². The Morgan fingerprint density at radius 3 is 0.820 bits per heavy atom. The Hall–Kier alpha value is -3.82. The molecule has 8 rings (SSSR count). The first kappa shape index (κ1) is 44.2. The molecule has 4 aliphatic rings. The number of piperidine rings is 2. The maximum absolute atomic E-state index is 2.43. The van der Waals surface area contributed by atoms with Crippen molar-refractivity contribution >= 4 is 60.3 Å². The molecular formula is C42H52Cl2N2O4. The predicted octanol–water partition coefficient (Wildman–Crippen LogP) is 6.94. The molecule has 0 amide bonds. The van der Waals surface area contributed by atoms with Crippen molar-refractivity contribution in [2.24, 2.45) is 0 Å². The largest absolute Gasteiger partial charge is 0.412 e. The van der Waals surface area contributed by atoms with Crippen molar-refractivity contribution in [2.45, 2.75) is 25.7 Å². The molecule has 0 spiro atoms. The topological polar surface area (TPSA) is 132 Å². The van der Waals surface area contributed by atoms with Gasteiger partial charge in [0.05, 0.1) is 0 Å². The quantitative estimate of drug-likeness (QED) is 0.168. The lowest BCUT2D eigenvalue weighted by atomic mass is 9.86. The van der Waals surface area contributed by atoms with E-state index in [1.807, 2.05) is 0 Å². The maximum atomic E-state index is 2.43. The first-order valence-electron chi connectivity index (χ1n) is 16.2. The van der Waals surface area contributed by atoms with Gasteiger partial charge in [-0.25, -0.2) is 0 Å². The standard InChI is InChI=1S/2C21H21N.2ClH.4H2O/c2*1-22-14-12-18(13-15-22)21-19-8-4-2-6-16(19)10-11-17-7-3-5-9-20(17)21;;;;;;/h2*2-11H,12-15H2,1H3;2*1H;4*1H2. The fourth-order valence-corrected chi connectivity index (χ4v) is 7.17. The second-order valence-corrected chi connectivity index (χ2v) is 12.6. The van der Waals surface area contributed by atoms with E-state index >= 15 is 0 Å². The minimum absolute atomic E-state index is 0.